The Morgan fingerprint density at radius 2 is 0.960 bits per heavy atom. The minimum Gasteiger partial charge on any atom is -0.423 e. The summed E-state index contributed by atoms with van der Waals surface area (Å²) in [6, 6.07) is 12.2. The van der Waals surface area contributed by atoms with Crippen molar-refractivity contribution in [3.63, 3.8) is 0 Å². The number of nitrogens with zero attached hydrogens (tertiary/aromatic N) is 1. The van der Waals surface area contributed by atoms with Crippen LogP contribution in [-0.4, -0.2) is 61.5 Å². The van der Waals surface area contributed by atoms with Gasteiger partial charge in [0.25, 0.3) is 0 Å². The standard InChI is InChI=1S/C41H69B2NO6/c1-11-13-15-17-19-21-23-33(24-22-20-18-16-14-12-2)44-36-29-31(42(47)48)25-27-34(36)35-28-26-32(30-37(35)44)43(49-40(7,8)38(3,4)45)50-41(9,10)39(5,6)46/h25-30,33,45-48H,11-24H2,1-10H3. The van der Waals surface area contributed by atoms with E-state index >= 15 is 0 Å². The second kappa shape index (κ2) is 18.3. The van der Waals surface area contributed by atoms with Gasteiger partial charge in [0.15, 0.2) is 0 Å². The van der Waals surface area contributed by atoms with E-state index in [2.05, 4.69) is 30.5 Å². The Bertz CT molecular complexity index is 1430. The Morgan fingerprint density at radius 1 is 0.580 bits per heavy atom. The second-order valence-electron chi connectivity index (χ2n) is 16.8. The van der Waals surface area contributed by atoms with Gasteiger partial charge in [0.1, 0.15) is 0 Å². The van der Waals surface area contributed by atoms with Crippen LogP contribution in [0.15, 0.2) is 36.4 Å². The van der Waals surface area contributed by atoms with Gasteiger partial charge in [-0.05, 0) is 91.3 Å². The predicted molar refractivity (Wildman–Crippen MR) is 213 cm³/mol. The number of fused-ring (bicyclic) bond motifs is 3. The molecule has 3 aromatic rings. The summed E-state index contributed by atoms with van der Waals surface area (Å²) in [5.41, 5.74) is -1.01. The first-order valence-corrected chi connectivity index (χ1v) is 19.6. The molecule has 0 aliphatic carbocycles. The van der Waals surface area contributed by atoms with Gasteiger partial charge in [-0.3, -0.25) is 0 Å². The van der Waals surface area contributed by atoms with E-state index in [1.807, 2.05) is 45.9 Å². The maximum atomic E-state index is 11.1. The highest BCUT2D eigenvalue weighted by Gasteiger charge is 2.46. The molecule has 0 bridgehead atoms. The van der Waals surface area contributed by atoms with Crippen LogP contribution < -0.4 is 10.9 Å². The highest BCUT2D eigenvalue weighted by atomic mass is 16.6. The van der Waals surface area contributed by atoms with Crippen molar-refractivity contribution >= 4 is 47.0 Å². The van der Waals surface area contributed by atoms with Crippen molar-refractivity contribution in [3.8, 4) is 0 Å². The van der Waals surface area contributed by atoms with Gasteiger partial charge in [0.2, 0.25) is 0 Å². The number of rotatable bonds is 23. The maximum absolute atomic E-state index is 11.1. The summed E-state index contributed by atoms with van der Waals surface area (Å²) >= 11 is 0. The maximum Gasteiger partial charge on any atom is 0.494 e. The first-order valence-electron chi connectivity index (χ1n) is 19.6. The third-order valence-electron chi connectivity index (χ3n) is 11.3. The smallest absolute Gasteiger partial charge is 0.423 e. The molecule has 0 fully saturated rings. The van der Waals surface area contributed by atoms with Gasteiger partial charge in [0, 0.05) is 27.8 Å². The van der Waals surface area contributed by atoms with E-state index in [1.54, 1.807) is 33.8 Å². The lowest BCUT2D eigenvalue weighted by atomic mass is 9.73. The Kier molecular flexibility index (Phi) is 15.5. The van der Waals surface area contributed by atoms with E-state index < -0.39 is 36.6 Å². The zero-order chi connectivity index (χ0) is 37.3. The molecule has 0 unspecified atom stereocenters. The molecule has 0 saturated carbocycles. The monoisotopic (exact) mass is 694 g/mol. The molecular formula is C41H69B2NO6. The molecule has 0 radical (unpaired) electrons. The quantitative estimate of drug-likeness (QED) is 0.0588. The number of hydrogen-bond acceptors (Lipinski definition) is 6. The molecule has 280 valence electrons. The molecule has 1 heterocycles. The number of aromatic nitrogens is 1. The summed E-state index contributed by atoms with van der Waals surface area (Å²) in [7, 11) is -2.45. The average Bonchev–Trinajstić information content (AvgIpc) is 3.34. The van der Waals surface area contributed by atoms with E-state index in [0.717, 1.165) is 53.0 Å². The van der Waals surface area contributed by atoms with Gasteiger partial charge in [-0.2, -0.15) is 0 Å². The molecule has 0 aliphatic heterocycles. The summed E-state index contributed by atoms with van der Waals surface area (Å²) in [6.45, 7) is 18.9. The minimum absolute atomic E-state index is 0.231. The van der Waals surface area contributed by atoms with E-state index in [9.17, 15) is 20.3 Å². The van der Waals surface area contributed by atoms with Crippen molar-refractivity contribution < 1.29 is 29.6 Å². The number of benzene rings is 2. The van der Waals surface area contributed by atoms with E-state index in [-0.39, 0.29) is 6.04 Å². The van der Waals surface area contributed by atoms with Crippen LogP contribution >= 0.6 is 0 Å². The molecule has 0 amide bonds. The molecule has 0 aliphatic rings. The number of hydrogen-bond donors (Lipinski definition) is 4. The molecule has 7 nitrogen and oxygen atoms in total. The van der Waals surface area contributed by atoms with Crippen molar-refractivity contribution in [1.29, 1.82) is 0 Å². The zero-order valence-corrected chi connectivity index (χ0v) is 33.1. The van der Waals surface area contributed by atoms with E-state index in [4.69, 9.17) is 9.31 Å². The van der Waals surface area contributed by atoms with Crippen molar-refractivity contribution in [2.75, 3.05) is 0 Å². The Hall–Kier alpha value is -1.87. The normalized spacial score (nSPS) is 13.3. The van der Waals surface area contributed by atoms with Crippen LogP contribution in [0.3, 0.4) is 0 Å². The van der Waals surface area contributed by atoms with Crippen molar-refractivity contribution in [1.82, 2.24) is 4.57 Å². The van der Waals surface area contributed by atoms with Crippen LogP contribution in [-0.2, 0) is 9.31 Å². The summed E-state index contributed by atoms with van der Waals surface area (Å²) < 4.78 is 15.8. The Balaban J connectivity index is 2.20. The molecule has 3 rings (SSSR count). The highest BCUT2D eigenvalue weighted by Crippen LogP contribution is 2.37. The van der Waals surface area contributed by atoms with Gasteiger partial charge in [0.05, 0.1) is 22.4 Å². The summed E-state index contributed by atoms with van der Waals surface area (Å²) in [5, 5.41) is 44.7. The molecule has 0 saturated heterocycles. The summed E-state index contributed by atoms with van der Waals surface area (Å²) in [5.74, 6) is 0. The topological polar surface area (TPSA) is 104 Å². The zero-order valence-electron chi connectivity index (χ0n) is 33.1. The lowest BCUT2D eigenvalue weighted by Crippen LogP contribution is -2.58. The molecule has 0 atom stereocenters. The Morgan fingerprint density at radius 3 is 1.36 bits per heavy atom. The molecule has 0 spiro atoms. The molecular weight excluding hydrogens is 624 g/mol. The van der Waals surface area contributed by atoms with Crippen molar-refractivity contribution in [2.45, 2.75) is 188 Å². The fraction of sp³-hybridized carbons (Fsp3) is 0.707. The van der Waals surface area contributed by atoms with Gasteiger partial charge < -0.3 is 34.1 Å². The third-order valence-corrected chi connectivity index (χ3v) is 11.3. The number of aliphatic hydroxyl groups is 2. The largest absolute Gasteiger partial charge is 0.494 e. The second-order valence-corrected chi connectivity index (χ2v) is 16.8. The highest BCUT2D eigenvalue weighted by molar-refractivity contribution is 6.62. The summed E-state index contributed by atoms with van der Waals surface area (Å²) in [6.07, 6.45) is 16.9. The molecule has 4 N–H and O–H groups in total. The molecule has 2 aromatic carbocycles. The van der Waals surface area contributed by atoms with Gasteiger partial charge >= 0.3 is 14.2 Å². The average molecular weight is 694 g/mol. The lowest BCUT2D eigenvalue weighted by Gasteiger charge is -2.43. The fourth-order valence-electron chi connectivity index (χ4n) is 6.49. The SMILES string of the molecule is CCCCCCCCC(CCCCCCCC)n1c2cc(B(O)O)ccc2c2ccc(B(OC(C)(C)C(C)(C)O)OC(C)(C)C(C)(C)O)cc21. The fourth-order valence-corrected chi connectivity index (χ4v) is 6.49. The van der Waals surface area contributed by atoms with Crippen LogP contribution in [0.5, 0.6) is 0 Å². The van der Waals surface area contributed by atoms with Gasteiger partial charge in [-0.15, -0.1) is 0 Å². The van der Waals surface area contributed by atoms with Gasteiger partial charge in [-0.25, -0.2) is 0 Å². The lowest BCUT2D eigenvalue weighted by molar-refractivity contribution is -0.131. The molecule has 9 heteroatoms. The van der Waals surface area contributed by atoms with E-state index in [1.165, 1.54) is 64.2 Å². The number of unbranched alkanes of at least 4 members (excludes halogenated alkanes) is 10. The van der Waals surface area contributed by atoms with Gasteiger partial charge in [-0.1, -0.05) is 115 Å². The van der Waals surface area contributed by atoms with Crippen LogP contribution in [0.4, 0.5) is 0 Å². The molecule has 50 heavy (non-hydrogen) atoms. The van der Waals surface area contributed by atoms with Crippen LogP contribution in [0.25, 0.3) is 21.8 Å². The van der Waals surface area contributed by atoms with Crippen LogP contribution in [0.1, 0.15) is 165 Å². The minimum atomic E-state index is -1.56. The molecule has 1 aromatic heterocycles. The van der Waals surface area contributed by atoms with Crippen LogP contribution in [0.2, 0.25) is 0 Å². The van der Waals surface area contributed by atoms with Crippen molar-refractivity contribution in [2.24, 2.45) is 0 Å². The van der Waals surface area contributed by atoms with Crippen molar-refractivity contribution in [3.05, 3.63) is 36.4 Å². The predicted octanol–water partition coefficient (Wildman–Crippen LogP) is 8.34. The van der Waals surface area contributed by atoms with Crippen LogP contribution in [0, 0.1) is 0 Å². The summed E-state index contributed by atoms with van der Waals surface area (Å²) in [4.78, 5) is 0. The van der Waals surface area contributed by atoms with E-state index in [0.29, 0.717) is 5.46 Å². The first-order chi connectivity index (χ1) is 23.3. The third kappa shape index (κ3) is 11.1. The Labute approximate surface area is 304 Å². The first kappa shape index (κ1) is 42.5.